The Balaban J connectivity index is 3.19. The van der Waals surface area contributed by atoms with E-state index < -0.39 is 29.6 Å². The lowest BCUT2D eigenvalue weighted by Crippen LogP contribution is -2.21. The molecule has 0 aromatic heterocycles. The van der Waals surface area contributed by atoms with Crippen molar-refractivity contribution in [2.75, 3.05) is 5.32 Å². The van der Waals surface area contributed by atoms with Gasteiger partial charge in [-0.3, -0.25) is 4.79 Å². The molecule has 18 heavy (non-hydrogen) atoms. The van der Waals surface area contributed by atoms with E-state index in [-0.39, 0.29) is 10.2 Å². The van der Waals surface area contributed by atoms with Crippen LogP contribution in [0.1, 0.15) is 18.6 Å². The van der Waals surface area contributed by atoms with Crippen molar-refractivity contribution >= 4 is 27.5 Å². The van der Waals surface area contributed by atoms with Crippen molar-refractivity contribution in [3.05, 3.63) is 28.0 Å². The summed E-state index contributed by atoms with van der Waals surface area (Å²) in [4.78, 5) is 10.8. The number of rotatable bonds is 2. The first-order chi connectivity index (χ1) is 8.12. The Bertz CT molecular complexity index is 476. The van der Waals surface area contributed by atoms with Crippen LogP contribution in [-0.4, -0.2) is 17.2 Å². The highest BCUT2D eigenvalue weighted by Gasteiger charge is 2.41. The first-order valence-electron chi connectivity index (χ1n) is 4.64. The second-order valence-electron chi connectivity index (χ2n) is 3.48. The average Bonchev–Trinajstić information content (AvgIpc) is 2.20. The van der Waals surface area contributed by atoms with Crippen molar-refractivity contribution in [1.29, 1.82) is 0 Å². The molecule has 0 bridgehead atoms. The van der Waals surface area contributed by atoms with Crippen LogP contribution < -0.4 is 5.32 Å². The van der Waals surface area contributed by atoms with Gasteiger partial charge in [0.1, 0.15) is 5.82 Å². The van der Waals surface area contributed by atoms with Crippen LogP contribution in [-0.2, 0) is 4.79 Å². The molecule has 0 aliphatic carbocycles. The summed E-state index contributed by atoms with van der Waals surface area (Å²) in [6, 6.07) is 1.48. The summed E-state index contributed by atoms with van der Waals surface area (Å²) in [5.41, 5.74) is -0.929. The van der Waals surface area contributed by atoms with E-state index in [0.717, 1.165) is 6.07 Å². The Labute approximate surface area is 108 Å². The Hall–Kier alpha value is -1.15. The monoisotopic (exact) mass is 329 g/mol. The number of alkyl halides is 3. The van der Waals surface area contributed by atoms with Gasteiger partial charge < -0.3 is 10.4 Å². The van der Waals surface area contributed by atoms with Gasteiger partial charge in [-0.1, -0.05) is 0 Å². The summed E-state index contributed by atoms with van der Waals surface area (Å²) in [6.45, 7) is 1.17. The second-order valence-corrected chi connectivity index (χ2v) is 4.33. The third kappa shape index (κ3) is 3.42. The average molecular weight is 330 g/mol. The Morgan fingerprint density at radius 2 is 2.00 bits per heavy atom. The predicted molar refractivity (Wildman–Crippen MR) is 59.4 cm³/mol. The molecule has 0 fully saturated rings. The summed E-state index contributed by atoms with van der Waals surface area (Å²) >= 11 is 2.88. The SMILES string of the molecule is CC(=O)Nc1cc(F)c(C(O)C(F)(F)F)cc1Br. The van der Waals surface area contributed by atoms with Crippen molar-refractivity contribution in [1.82, 2.24) is 0 Å². The molecule has 1 atom stereocenters. The number of carbonyl (C=O) groups is 1. The number of aliphatic hydroxyl groups excluding tert-OH is 1. The molecule has 3 nitrogen and oxygen atoms in total. The van der Waals surface area contributed by atoms with E-state index in [1.54, 1.807) is 0 Å². The molecule has 1 aromatic carbocycles. The third-order valence-corrected chi connectivity index (χ3v) is 2.66. The minimum atomic E-state index is -4.96. The smallest absolute Gasteiger partial charge is 0.379 e. The number of hydrogen-bond donors (Lipinski definition) is 2. The molecular weight excluding hydrogens is 322 g/mol. The van der Waals surface area contributed by atoms with Crippen molar-refractivity contribution in [3.8, 4) is 0 Å². The van der Waals surface area contributed by atoms with Crippen LogP contribution in [0.2, 0.25) is 0 Å². The second kappa shape index (κ2) is 5.23. The fraction of sp³-hybridized carbons (Fsp3) is 0.300. The number of hydrogen-bond acceptors (Lipinski definition) is 2. The van der Waals surface area contributed by atoms with Gasteiger partial charge in [-0.2, -0.15) is 13.2 Å². The molecule has 0 heterocycles. The van der Waals surface area contributed by atoms with Gasteiger partial charge in [0.05, 0.1) is 5.69 Å². The molecule has 0 saturated heterocycles. The topological polar surface area (TPSA) is 49.3 Å². The summed E-state index contributed by atoms with van der Waals surface area (Å²) in [5.74, 6) is -1.76. The quantitative estimate of drug-likeness (QED) is 0.819. The zero-order valence-corrected chi connectivity index (χ0v) is 10.6. The van der Waals surface area contributed by atoms with Gasteiger partial charge in [-0.25, -0.2) is 4.39 Å². The molecular formula is C10H8BrF4NO2. The summed E-state index contributed by atoms with van der Waals surface area (Å²) in [6.07, 6.45) is -7.88. The fourth-order valence-corrected chi connectivity index (χ4v) is 1.69. The molecule has 2 N–H and O–H groups in total. The lowest BCUT2D eigenvalue weighted by molar-refractivity contribution is -0.207. The van der Waals surface area contributed by atoms with Crippen molar-refractivity contribution in [3.63, 3.8) is 0 Å². The molecule has 0 saturated carbocycles. The highest BCUT2D eigenvalue weighted by atomic mass is 79.9. The van der Waals surface area contributed by atoms with Gasteiger partial charge in [0, 0.05) is 17.0 Å². The van der Waals surface area contributed by atoms with Crippen LogP contribution >= 0.6 is 15.9 Å². The van der Waals surface area contributed by atoms with Crippen molar-refractivity contribution < 1.29 is 27.5 Å². The molecule has 0 radical (unpaired) electrons. The van der Waals surface area contributed by atoms with Gasteiger partial charge in [-0.05, 0) is 28.1 Å². The minimum Gasteiger partial charge on any atom is -0.379 e. The van der Waals surface area contributed by atoms with Crippen LogP contribution in [0.5, 0.6) is 0 Å². The third-order valence-electron chi connectivity index (χ3n) is 2.00. The lowest BCUT2D eigenvalue weighted by Gasteiger charge is -2.17. The number of amides is 1. The first kappa shape index (κ1) is 14.9. The Kier molecular flexibility index (Phi) is 4.33. The van der Waals surface area contributed by atoms with Crippen molar-refractivity contribution in [2.45, 2.75) is 19.2 Å². The number of halogens is 5. The molecule has 1 amide bonds. The van der Waals surface area contributed by atoms with Gasteiger partial charge >= 0.3 is 6.18 Å². The zero-order valence-electron chi connectivity index (χ0n) is 8.98. The van der Waals surface area contributed by atoms with Gasteiger partial charge in [0.2, 0.25) is 5.91 Å². The fourth-order valence-electron chi connectivity index (χ4n) is 1.23. The normalized spacial score (nSPS) is 13.3. The first-order valence-corrected chi connectivity index (χ1v) is 5.43. The lowest BCUT2D eigenvalue weighted by atomic mass is 10.1. The predicted octanol–water partition coefficient (Wildman–Crippen LogP) is 3.14. The van der Waals surface area contributed by atoms with E-state index in [4.69, 9.17) is 5.11 Å². The molecule has 100 valence electrons. The van der Waals surface area contributed by atoms with Crippen molar-refractivity contribution in [2.24, 2.45) is 0 Å². The van der Waals surface area contributed by atoms with E-state index in [9.17, 15) is 22.4 Å². The van der Waals surface area contributed by atoms with E-state index in [1.165, 1.54) is 6.92 Å². The van der Waals surface area contributed by atoms with E-state index in [0.29, 0.717) is 6.07 Å². The largest absolute Gasteiger partial charge is 0.418 e. The summed E-state index contributed by atoms with van der Waals surface area (Å²) in [7, 11) is 0. The molecule has 1 aromatic rings. The summed E-state index contributed by atoms with van der Waals surface area (Å²) < 4.78 is 50.2. The maximum atomic E-state index is 13.4. The molecule has 0 aliphatic heterocycles. The highest BCUT2D eigenvalue weighted by molar-refractivity contribution is 9.10. The van der Waals surface area contributed by atoms with Crippen LogP contribution in [0.25, 0.3) is 0 Å². The van der Waals surface area contributed by atoms with E-state index in [2.05, 4.69) is 21.2 Å². The van der Waals surface area contributed by atoms with Crippen LogP contribution in [0, 0.1) is 5.82 Å². The van der Waals surface area contributed by atoms with Gasteiger partial charge in [0.15, 0.2) is 6.10 Å². The number of aliphatic hydroxyl groups is 1. The van der Waals surface area contributed by atoms with Gasteiger partial charge in [0.25, 0.3) is 0 Å². The number of anilines is 1. The minimum absolute atomic E-state index is 0.0156. The number of carbonyl (C=O) groups excluding carboxylic acids is 1. The Morgan fingerprint density at radius 3 is 2.44 bits per heavy atom. The number of nitrogens with one attached hydrogen (secondary N) is 1. The van der Waals surface area contributed by atoms with E-state index >= 15 is 0 Å². The Morgan fingerprint density at radius 1 is 1.44 bits per heavy atom. The highest BCUT2D eigenvalue weighted by Crippen LogP contribution is 2.37. The van der Waals surface area contributed by atoms with Crippen LogP contribution in [0.3, 0.4) is 0 Å². The maximum Gasteiger partial charge on any atom is 0.418 e. The molecule has 1 rings (SSSR count). The molecule has 8 heteroatoms. The van der Waals surface area contributed by atoms with Gasteiger partial charge in [-0.15, -0.1) is 0 Å². The number of benzene rings is 1. The molecule has 0 spiro atoms. The van der Waals surface area contributed by atoms with E-state index in [1.807, 2.05) is 0 Å². The molecule has 1 unspecified atom stereocenters. The van der Waals surface area contributed by atoms with Crippen LogP contribution in [0.15, 0.2) is 16.6 Å². The standard InChI is InChI=1S/C10H8BrF4NO2/c1-4(17)16-8-3-7(12)5(2-6(8)11)9(18)10(13,14)15/h2-3,9,18H,1H3,(H,16,17). The molecule has 0 aliphatic rings. The van der Waals surface area contributed by atoms with Crippen LogP contribution in [0.4, 0.5) is 23.2 Å². The summed E-state index contributed by atoms with van der Waals surface area (Å²) in [5, 5.41) is 11.2. The zero-order chi connectivity index (χ0) is 14.1. The maximum absolute atomic E-state index is 13.4.